The first-order chi connectivity index (χ1) is 11.5. The van der Waals surface area contributed by atoms with E-state index in [1.807, 2.05) is 0 Å². The van der Waals surface area contributed by atoms with E-state index in [9.17, 15) is 9.59 Å². The van der Waals surface area contributed by atoms with Crippen LogP contribution >= 0.6 is 23.2 Å². The molecule has 0 atom stereocenters. The van der Waals surface area contributed by atoms with Gasteiger partial charge in [0.15, 0.2) is 0 Å². The van der Waals surface area contributed by atoms with E-state index in [4.69, 9.17) is 27.9 Å². The Hall–Kier alpha value is -2.57. The highest BCUT2D eigenvalue weighted by atomic mass is 35.5. The minimum Gasteiger partial charge on any atom is -0.495 e. The Morgan fingerprint density at radius 1 is 1.08 bits per heavy atom. The van der Waals surface area contributed by atoms with Crippen molar-refractivity contribution in [1.29, 1.82) is 0 Å². The molecule has 6 nitrogen and oxygen atoms in total. The second-order valence-corrected chi connectivity index (χ2v) is 5.28. The lowest BCUT2D eigenvalue weighted by Gasteiger charge is -2.08. The molecule has 124 valence electrons. The second-order valence-electron chi connectivity index (χ2n) is 4.50. The van der Waals surface area contributed by atoms with Crippen LogP contribution in [0.25, 0.3) is 0 Å². The lowest BCUT2D eigenvalue weighted by molar-refractivity contribution is -0.136. The van der Waals surface area contributed by atoms with Crippen LogP contribution in [0.2, 0.25) is 10.0 Å². The van der Waals surface area contributed by atoms with Crippen LogP contribution in [0.5, 0.6) is 5.75 Å². The largest absolute Gasteiger partial charge is 0.495 e. The molecule has 0 radical (unpaired) electrons. The minimum atomic E-state index is -0.935. The van der Waals surface area contributed by atoms with E-state index in [2.05, 4.69) is 15.8 Å². The molecule has 0 heterocycles. The summed E-state index contributed by atoms with van der Waals surface area (Å²) in [5, 5.41) is 6.79. The third kappa shape index (κ3) is 4.47. The SMILES string of the molecule is COc1ccccc1NC(=O)C(=O)N/N=C/c1cccc(Cl)c1Cl. The molecule has 2 rings (SSSR count). The third-order valence-electron chi connectivity index (χ3n) is 2.91. The van der Waals surface area contributed by atoms with Gasteiger partial charge in [0, 0.05) is 5.56 Å². The maximum atomic E-state index is 11.8. The maximum Gasteiger partial charge on any atom is 0.329 e. The molecule has 24 heavy (non-hydrogen) atoms. The minimum absolute atomic E-state index is 0.302. The number of carbonyl (C=O) groups is 2. The van der Waals surface area contributed by atoms with Crippen LogP contribution in [-0.2, 0) is 9.59 Å². The van der Waals surface area contributed by atoms with Crippen molar-refractivity contribution in [3.8, 4) is 5.75 Å². The van der Waals surface area contributed by atoms with Crippen LogP contribution in [0, 0.1) is 0 Å². The van der Waals surface area contributed by atoms with Crippen molar-refractivity contribution in [1.82, 2.24) is 5.43 Å². The van der Waals surface area contributed by atoms with Gasteiger partial charge in [-0.05, 0) is 18.2 Å². The summed E-state index contributed by atoms with van der Waals surface area (Å²) >= 11 is 11.9. The summed E-state index contributed by atoms with van der Waals surface area (Å²) in [5.41, 5.74) is 3.00. The van der Waals surface area contributed by atoms with E-state index >= 15 is 0 Å². The lowest BCUT2D eigenvalue weighted by Crippen LogP contribution is -2.32. The third-order valence-corrected chi connectivity index (χ3v) is 3.75. The number of benzene rings is 2. The molecular weight excluding hydrogens is 353 g/mol. The summed E-state index contributed by atoms with van der Waals surface area (Å²) < 4.78 is 5.09. The van der Waals surface area contributed by atoms with Gasteiger partial charge in [0.25, 0.3) is 0 Å². The number of hydrogen-bond donors (Lipinski definition) is 2. The Kier molecular flexibility index (Phi) is 6.17. The Balaban J connectivity index is 1.98. The Labute approximate surface area is 148 Å². The summed E-state index contributed by atoms with van der Waals surface area (Å²) in [6.45, 7) is 0. The van der Waals surface area contributed by atoms with Crippen LogP contribution in [-0.4, -0.2) is 25.1 Å². The van der Waals surface area contributed by atoms with Gasteiger partial charge in [-0.2, -0.15) is 5.10 Å². The molecule has 0 aliphatic heterocycles. The standard InChI is InChI=1S/C16H13Cl2N3O3/c1-24-13-8-3-2-7-12(13)20-15(22)16(23)21-19-9-10-5-4-6-11(17)14(10)18/h2-9H,1H3,(H,20,22)(H,21,23)/b19-9+. The fraction of sp³-hybridized carbons (Fsp3) is 0.0625. The lowest BCUT2D eigenvalue weighted by atomic mass is 10.2. The molecule has 0 fully saturated rings. The van der Waals surface area contributed by atoms with Crippen LogP contribution in [0.4, 0.5) is 5.69 Å². The van der Waals surface area contributed by atoms with E-state index in [0.29, 0.717) is 27.0 Å². The van der Waals surface area contributed by atoms with Gasteiger partial charge in [0.2, 0.25) is 0 Å². The molecule has 2 amide bonds. The number of nitrogens with one attached hydrogen (secondary N) is 2. The average Bonchev–Trinajstić information content (AvgIpc) is 2.59. The van der Waals surface area contributed by atoms with Gasteiger partial charge >= 0.3 is 11.8 Å². The van der Waals surface area contributed by atoms with Gasteiger partial charge in [0.1, 0.15) is 5.75 Å². The van der Waals surface area contributed by atoms with Gasteiger partial charge in [-0.3, -0.25) is 9.59 Å². The number of carbonyl (C=O) groups excluding carboxylic acids is 2. The number of amides is 2. The number of nitrogens with zero attached hydrogens (tertiary/aromatic N) is 1. The highest BCUT2D eigenvalue weighted by Crippen LogP contribution is 2.24. The zero-order valence-corrected chi connectivity index (χ0v) is 14.1. The number of hydrogen-bond acceptors (Lipinski definition) is 4. The molecule has 0 aliphatic rings. The smallest absolute Gasteiger partial charge is 0.329 e. The van der Waals surface area contributed by atoms with Crippen molar-refractivity contribution in [3.63, 3.8) is 0 Å². The summed E-state index contributed by atoms with van der Waals surface area (Å²) in [7, 11) is 1.46. The zero-order chi connectivity index (χ0) is 17.5. The molecule has 0 spiro atoms. The predicted molar refractivity (Wildman–Crippen MR) is 93.8 cm³/mol. The number of rotatable bonds is 4. The van der Waals surface area contributed by atoms with Gasteiger partial charge in [-0.25, -0.2) is 5.43 Å². The number of ether oxygens (including phenoxy) is 1. The molecule has 0 unspecified atom stereocenters. The summed E-state index contributed by atoms with van der Waals surface area (Å²) in [4.78, 5) is 23.6. The van der Waals surface area contributed by atoms with E-state index in [0.717, 1.165) is 0 Å². The number of methoxy groups -OCH3 is 1. The molecular formula is C16H13Cl2N3O3. The highest BCUT2D eigenvalue weighted by molar-refractivity contribution is 6.43. The Bertz CT molecular complexity index is 794. The van der Waals surface area contributed by atoms with E-state index in [1.54, 1.807) is 42.5 Å². The van der Waals surface area contributed by atoms with Gasteiger partial charge in [0.05, 0.1) is 29.1 Å². The molecule has 0 saturated heterocycles. The normalized spacial score (nSPS) is 10.5. The Morgan fingerprint density at radius 3 is 2.58 bits per heavy atom. The number of para-hydroxylation sites is 2. The van der Waals surface area contributed by atoms with Crippen LogP contribution in [0.3, 0.4) is 0 Å². The van der Waals surface area contributed by atoms with Crippen molar-refractivity contribution in [2.75, 3.05) is 12.4 Å². The van der Waals surface area contributed by atoms with Crippen LogP contribution < -0.4 is 15.5 Å². The maximum absolute atomic E-state index is 11.8. The molecule has 0 bridgehead atoms. The quantitative estimate of drug-likeness (QED) is 0.496. The monoisotopic (exact) mass is 365 g/mol. The summed E-state index contributed by atoms with van der Waals surface area (Å²) in [6, 6.07) is 11.7. The van der Waals surface area contributed by atoms with Crippen molar-refractivity contribution < 1.29 is 14.3 Å². The van der Waals surface area contributed by atoms with Crippen LogP contribution in [0.1, 0.15) is 5.56 Å². The molecule has 0 saturated carbocycles. The second kappa shape index (κ2) is 8.33. The first-order valence-corrected chi connectivity index (χ1v) is 7.50. The van der Waals surface area contributed by atoms with E-state index < -0.39 is 11.8 Å². The summed E-state index contributed by atoms with van der Waals surface area (Å²) in [5.74, 6) is -1.38. The molecule has 2 aromatic rings. The molecule has 0 aromatic heterocycles. The molecule has 0 aliphatic carbocycles. The van der Waals surface area contributed by atoms with Crippen molar-refractivity contribution in [2.24, 2.45) is 5.10 Å². The van der Waals surface area contributed by atoms with E-state index in [1.165, 1.54) is 13.3 Å². The van der Waals surface area contributed by atoms with Gasteiger partial charge in [-0.15, -0.1) is 0 Å². The molecule has 8 heteroatoms. The highest BCUT2D eigenvalue weighted by Gasteiger charge is 2.14. The number of halogens is 2. The predicted octanol–water partition coefficient (Wildman–Crippen LogP) is 3.09. The van der Waals surface area contributed by atoms with Gasteiger partial charge in [-0.1, -0.05) is 47.5 Å². The number of anilines is 1. The van der Waals surface area contributed by atoms with Crippen molar-refractivity contribution >= 4 is 46.9 Å². The summed E-state index contributed by atoms with van der Waals surface area (Å²) in [6.07, 6.45) is 1.29. The van der Waals surface area contributed by atoms with Crippen molar-refractivity contribution in [3.05, 3.63) is 58.1 Å². The topological polar surface area (TPSA) is 79.8 Å². The molecule has 2 N–H and O–H groups in total. The molecule has 2 aromatic carbocycles. The first kappa shape index (κ1) is 17.8. The van der Waals surface area contributed by atoms with Crippen LogP contribution in [0.15, 0.2) is 47.6 Å². The zero-order valence-electron chi connectivity index (χ0n) is 12.5. The number of hydrazone groups is 1. The Morgan fingerprint density at radius 2 is 1.83 bits per heavy atom. The fourth-order valence-electron chi connectivity index (χ4n) is 1.76. The first-order valence-electron chi connectivity index (χ1n) is 6.74. The van der Waals surface area contributed by atoms with Crippen molar-refractivity contribution in [2.45, 2.75) is 0 Å². The fourth-order valence-corrected chi connectivity index (χ4v) is 2.12. The average molecular weight is 366 g/mol. The van der Waals surface area contributed by atoms with Gasteiger partial charge < -0.3 is 10.1 Å². The van der Waals surface area contributed by atoms with E-state index in [-0.39, 0.29) is 0 Å².